The number of benzene rings is 1. The molecule has 1 saturated carbocycles. The highest BCUT2D eigenvalue weighted by Gasteiger charge is 2.29. The molecular formula is C17H25Cl2N3O. The van der Waals surface area contributed by atoms with E-state index in [-0.39, 0.29) is 24.4 Å². The fourth-order valence-corrected chi connectivity index (χ4v) is 3.33. The van der Waals surface area contributed by atoms with Gasteiger partial charge in [-0.3, -0.25) is 9.69 Å². The summed E-state index contributed by atoms with van der Waals surface area (Å²) in [6.45, 7) is 4.01. The van der Waals surface area contributed by atoms with Crippen LogP contribution < -0.4 is 5.32 Å². The number of rotatable bonds is 5. The number of likely N-dealkylation sites (N-methyl/N-ethyl adjacent to an activating group) is 1. The van der Waals surface area contributed by atoms with Crippen LogP contribution in [0.3, 0.4) is 0 Å². The Morgan fingerprint density at radius 1 is 1.39 bits per heavy atom. The second kappa shape index (κ2) is 8.34. The van der Waals surface area contributed by atoms with Crippen LogP contribution in [0.15, 0.2) is 24.3 Å². The first-order chi connectivity index (χ1) is 10.6. The van der Waals surface area contributed by atoms with Crippen molar-refractivity contribution in [1.82, 2.24) is 15.1 Å². The van der Waals surface area contributed by atoms with Crippen LogP contribution >= 0.6 is 24.0 Å². The van der Waals surface area contributed by atoms with E-state index in [9.17, 15) is 4.79 Å². The highest BCUT2D eigenvalue weighted by atomic mass is 35.5. The summed E-state index contributed by atoms with van der Waals surface area (Å²) in [5.41, 5.74) is 1.11. The lowest BCUT2D eigenvalue weighted by Gasteiger charge is -2.37. The number of hydrogen-bond donors (Lipinski definition) is 1. The Hall–Kier alpha value is -0.810. The zero-order valence-electron chi connectivity index (χ0n) is 13.5. The molecular weight excluding hydrogens is 333 g/mol. The standard InChI is InChI=1S/C17H24ClN3O.ClH/c1-20(11-13-6-7-13)17(22)12-21-9-8-19-10-16(21)14-4-2-3-5-15(14)18;/h2-5,13,16,19H,6-12H2,1H3;1H. The molecule has 1 aromatic carbocycles. The largest absolute Gasteiger partial charge is 0.344 e. The van der Waals surface area contributed by atoms with Gasteiger partial charge in [0, 0.05) is 44.3 Å². The molecule has 2 fully saturated rings. The topological polar surface area (TPSA) is 35.6 Å². The van der Waals surface area contributed by atoms with Crippen LogP contribution in [0.4, 0.5) is 0 Å². The molecule has 3 rings (SSSR count). The summed E-state index contributed by atoms with van der Waals surface area (Å²) in [5, 5.41) is 4.19. The monoisotopic (exact) mass is 357 g/mol. The lowest BCUT2D eigenvalue weighted by Crippen LogP contribution is -2.50. The first kappa shape index (κ1) is 18.5. The van der Waals surface area contributed by atoms with Crippen LogP contribution in [-0.4, -0.2) is 55.5 Å². The molecule has 1 amide bonds. The Morgan fingerprint density at radius 2 is 2.13 bits per heavy atom. The molecule has 1 heterocycles. The minimum absolute atomic E-state index is 0. The molecule has 4 nitrogen and oxygen atoms in total. The van der Waals surface area contributed by atoms with Gasteiger partial charge < -0.3 is 10.2 Å². The fourth-order valence-electron chi connectivity index (χ4n) is 3.07. The van der Waals surface area contributed by atoms with Gasteiger partial charge in [0.2, 0.25) is 5.91 Å². The van der Waals surface area contributed by atoms with Crippen molar-refractivity contribution >= 4 is 29.9 Å². The predicted molar refractivity (Wildman–Crippen MR) is 96.2 cm³/mol. The van der Waals surface area contributed by atoms with Crippen LogP contribution in [0.25, 0.3) is 0 Å². The van der Waals surface area contributed by atoms with Crippen LogP contribution in [0.2, 0.25) is 5.02 Å². The smallest absolute Gasteiger partial charge is 0.236 e. The molecule has 128 valence electrons. The molecule has 23 heavy (non-hydrogen) atoms. The van der Waals surface area contributed by atoms with E-state index in [0.29, 0.717) is 6.54 Å². The Bertz CT molecular complexity index is 536. The molecule has 1 atom stereocenters. The third kappa shape index (κ3) is 4.83. The molecule has 1 saturated heterocycles. The molecule has 6 heteroatoms. The highest BCUT2D eigenvalue weighted by molar-refractivity contribution is 6.31. The first-order valence-electron chi connectivity index (χ1n) is 8.08. The summed E-state index contributed by atoms with van der Waals surface area (Å²) in [6.07, 6.45) is 2.54. The molecule has 1 aliphatic heterocycles. The maximum atomic E-state index is 12.5. The predicted octanol–water partition coefficient (Wildman–Crippen LogP) is 2.58. The van der Waals surface area contributed by atoms with Crippen molar-refractivity contribution in [2.45, 2.75) is 18.9 Å². The second-order valence-corrected chi connectivity index (χ2v) is 6.84. The number of amides is 1. The summed E-state index contributed by atoms with van der Waals surface area (Å²) >= 11 is 6.35. The van der Waals surface area contributed by atoms with Crippen LogP contribution in [0.5, 0.6) is 0 Å². The van der Waals surface area contributed by atoms with Gasteiger partial charge in [-0.15, -0.1) is 12.4 Å². The number of halogens is 2. The van der Waals surface area contributed by atoms with Gasteiger partial charge in [0.1, 0.15) is 0 Å². The molecule has 2 aliphatic rings. The Balaban J connectivity index is 0.00000192. The van der Waals surface area contributed by atoms with Gasteiger partial charge >= 0.3 is 0 Å². The first-order valence-corrected chi connectivity index (χ1v) is 8.46. The van der Waals surface area contributed by atoms with Crippen molar-refractivity contribution in [1.29, 1.82) is 0 Å². The SMILES string of the molecule is CN(CC1CC1)C(=O)CN1CCNCC1c1ccccc1Cl.Cl. The second-order valence-electron chi connectivity index (χ2n) is 6.43. The van der Waals surface area contributed by atoms with E-state index >= 15 is 0 Å². The quantitative estimate of drug-likeness (QED) is 0.879. The molecule has 0 aromatic heterocycles. The van der Waals surface area contributed by atoms with Crippen molar-refractivity contribution in [3.63, 3.8) is 0 Å². The van der Waals surface area contributed by atoms with Crippen LogP contribution in [-0.2, 0) is 4.79 Å². The summed E-state index contributed by atoms with van der Waals surface area (Å²) in [4.78, 5) is 16.6. The molecule has 1 unspecified atom stereocenters. The Labute approximate surface area is 149 Å². The summed E-state index contributed by atoms with van der Waals surface area (Å²) in [6, 6.07) is 8.10. The van der Waals surface area contributed by atoms with E-state index in [1.54, 1.807) is 0 Å². The fraction of sp³-hybridized carbons (Fsp3) is 0.588. The minimum atomic E-state index is 0. The summed E-state index contributed by atoms with van der Waals surface area (Å²) in [5.74, 6) is 0.946. The maximum absolute atomic E-state index is 12.5. The lowest BCUT2D eigenvalue weighted by molar-refractivity contribution is -0.132. The molecule has 1 aliphatic carbocycles. The molecule has 0 bridgehead atoms. The van der Waals surface area contributed by atoms with Gasteiger partial charge in [-0.25, -0.2) is 0 Å². The molecule has 1 aromatic rings. The number of piperazine rings is 1. The van der Waals surface area contributed by atoms with E-state index in [0.717, 1.165) is 42.7 Å². The third-order valence-electron chi connectivity index (χ3n) is 4.61. The third-order valence-corrected chi connectivity index (χ3v) is 4.96. The zero-order chi connectivity index (χ0) is 15.5. The molecule has 0 spiro atoms. The van der Waals surface area contributed by atoms with Gasteiger partial charge in [-0.1, -0.05) is 29.8 Å². The van der Waals surface area contributed by atoms with Gasteiger partial charge in [0.05, 0.1) is 6.54 Å². The van der Waals surface area contributed by atoms with Crippen LogP contribution in [0.1, 0.15) is 24.4 Å². The van der Waals surface area contributed by atoms with E-state index in [1.807, 2.05) is 30.1 Å². The zero-order valence-corrected chi connectivity index (χ0v) is 15.1. The maximum Gasteiger partial charge on any atom is 0.236 e. The highest BCUT2D eigenvalue weighted by Crippen LogP contribution is 2.30. The van der Waals surface area contributed by atoms with Crippen molar-refractivity contribution in [2.24, 2.45) is 5.92 Å². The average molecular weight is 358 g/mol. The van der Waals surface area contributed by atoms with Gasteiger partial charge in [-0.05, 0) is 30.4 Å². The van der Waals surface area contributed by atoms with Crippen molar-refractivity contribution in [3.05, 3.63) is 34.9 Å². The lowest BCUT2D eigenvalue weighted by atomic mass is 10.0. The van der Waals surface area contributed by atoms with Gasteiger partial charge in [-0.2, -0.15) is 0 Å². The number of nitrogens with one attached hydrogen (secondary N) is 1. The average Bonchev–Trinajstić information content (AvgIpc) is 3.32. The minimum Gasteiger partial charge on any atom is -0.344 e. The normalized spacial score (nSPS) is 21.6. The van der Waals surface area contributed by atoms with Crippen LogP contribution in [0, 0.1) is 5.92 Å². The Morgan fingerprint density at radius 3 is 2.83 bits per heavy atom. The van der Waals surface area contributed by atoms with Crippen molar-refractivity contribution in [3.8, 4) is 0 Å². The van der Waals surface area contributed by atoms with E-state index < -0.39 is 0 Å². The molecule has 1 N–H and O–H groups in total. The summed E-state index contributed by atoms with van der Waals surface area (Å²) < 4.78 is 0. The number of carbonyl (C=O) groups excluding carboxylic acids is 1. The van der Waals surface area contributed by atoms with E-state index in [1.165, 1.54) is 12.8 Å². The molecule has 0 radical (unpaired) electrons. The van der Waals surface area contributed by atoms with Gasteiger partial charge in [0.25, 0.3) is 0 Å². The van der Waals surface area contributed by atoms with E-state index in [2.05, 4.69) is 16.3 Å². The van der Waals surface area contributed by atoms with Gasteiger partial charge in [0.15, 0.2) is 0 Å². The Kier molecular flexibility index (Phi) is 6.72. The van der Waals surface area contributed by atoms with E-state index in [4.69, 9.17) is 11.6 Å². The summed E-state index contributed by atoms with van der Waals surface area (Å²) in [7, 11) is 1.92. The van der Waals surface area contributed by atoms with Crippen molar-refractivity contribution in [2.75, 3.05) is 39.8 Å². The number of nitrogens with zero attached hydrogens (tertiary/aromatic N) is 2. The number of carbonyl (C=O) groups is 1. The van der Waals surface area contributed by atoms with Crippen molar-refractivity contribution < 1.29 is 4.79 Å². The number of hydrogen-bond acceptors (Lipinski definition) is 3.